The van der Waals surface area contributed by atoms with Gasteiger partial charge in [0.1, 0.15) is 12.0 Å². The molecule has 0 unspecified atom stereocenters. The van der Waals surface area contributed by atoms with Gasteiger partial charge in [-0.25, -0.2) is 0 Å². The number of aldehydes is 1. The quantitative estimate of drug-likeness (QED) is 0.677. The fraction of sp³-hybridized carbons (Fsp3) is 0.467. The number of unbranched alkanes of at least 4 members (excludes halogenated alkanes) is 1. The number of carbonyl (C=O) groups excluding carboxylic acids is 2. The third-order valence-corrected chi connectivity index (χ3v) is 2.89. The minimum atomic E-state index is -0.00425. The molecule has 0 radical (unpaired) electrons. The van der Waals surface area contributed by atoms with Crippen molar-refractivity contribution in [2.24, 2.45) is 0 Å². The van der Waals surface area contributed by atoms with Crippen molar-refractivity contribution < 1.29 is 14.3 Å². The molecule has 0 heterocycles. The number of amides is 1. The van der Waals surface area contributed by atoms with Crippen LogP contribution in [0.1, 0.15) is 37.0 Å². The van der Waals surface area contributed by atoms with Crippen molar-refractivity contribution in [2.45, 2.75) is 26.7 Å². The van der Waals surface area contributed by atoms with Crippen LogP contribution in [0.25, 0.3) is 0 Å². The van der Waals surface area contributed by atoms with E-state index in [2.05, 4.69) is 6.92 Å². The minimum absolute atomic E-state index is 0.00425. The van der Waals surface area contributed by atoms with Crippen LogP contribution in [0, 0.1) is 0 Å². The Morgan fingerprint density at radius 2 is 1.95 bits per heavy atom. The maximum absolute atomic E-state index is 11.9. The lowest BCUT2D eigenvalue weighted by Crippen LogP contribution is -2.35. The van der Waals surface area contributed by atoms with Crippen molar-refractivity contribution >= 4 is 12.2 Å². The van der Waals surface area contributed by atoms with E-state index in [1.54, 1.807) is 29.2 Å². The van der Waals surface area contributed by atoms with Crippen LogP contribution in [0.2, 0.25) is 0 Å². The molecule has 0 atom stereocenters. The molecule has 0 saturated heterocycles. The molecular weight excluding hydrogens is 242 g/mol. The Labute approximate surface area is 114 Å². The third-order valence-electron chi connectivity index (χ3n) is 2.89. The summed E-state index contributed by atoms with van der Waals surface area (Å²) >= 11 is 0. The molecule has 19 heavy (non-hydrogen) atoms. The van der Waals surface area contributed by atoms with Gasteiger partial charge in [0.15, 0.2) is 6.61 Å². The molecule has 1 aromatic carbocycles. The Hall–Kier alpha value is -1.84. The van der Waals surface area contributed by atoms with E-state index in [1.807, 2.05) is 6.92 Å². The van der Waals surface area contributed by atoms with Crippen molar-refractivity contribution in [3.05, 3.63) is 29.8 Å². The van der Waals surface area contributed by atoms with Crippen LogP contribution in [0.15, 0.2) is 24.3 Å². The lowest BCUT2D eigenvalue weighted by Gasteiger charge is -2.20. The van der Waals surface area contributed by atoms with E-state index in [0.717, 1.165) is 25.7 Å². The van der Waals surface area contributed by atoms with Crippen LogP contribution in [-0.4, -0.2) is 36.8 Å². The summed E-state index contributed by atoms with van der Waals surface area (Å²) in [4.78, 5) is 24.2. The number of hydrogen-bond acceptors (Lipinski definition) is 3. The highest BCUT2D eigenvalue weighted by atomic mass is 16.5. The van der Waals surface area contributed by atoms with Gasteiger partial charge in [0.2, 0.25) is 0 Å². The maximum Gasteiger partial charge on any atom is 0.260 e. The molecule has 4 nitrogen and oxygen atoms in total. The fourth-order valence-corrected chi connectivity index (χ4v) is 1.69. The molecule has 0 aliphatic rings. The molecule has 0 N–H and O–H groups in total. The summed E-state index contributed by atoms with van der Waals surface area (Å²) in [6.45, 7) is 5.58. The zero-order chi connectivity index (χ0) is 14.1. The molecule has 0 bridgehead atoms. The Morgan fingerprint density at radius 3 is 2.47 bits per heavy atom. The topological polar surface area (TPSA) is 46.6 Å². The fourth-order valence-electron chi connectivity index (χ4n) is 1.69. The standard InChI is InChI=1S/C15H21NO3/c1-3-5-10-16(4-2)15(18)12-19-14-8-6-13(11-17)7-9-14/h6-9,11H,3-5,10,12H2,1-2H3. The van der Waals surface area contributed by atoms with Crippen LogP contribution >= 0.6 is 0 Å². The van der Waals surface area contributed by atoms with E-state index >= 15 is 0 Å². The number of hydrogen-bond donors (Lipinski definition) is 0. The summed E-state index contributed by atoms with van der Waals surface area (Å²) < 4.78 is 5.42. The number of nitrogens with zero attached hydrogens (tertiary/aromatic N) is 1. The summed E-state index contributed by atoms with van der Waals surface area (Å²) in [7, 11) is 0. The lowest BCUT2D eigenvalue weighted by atomic mass is 10.2. The second kappa shape index (κ2) is 8.29. The number of rotatable bonds is 8. The Morgan fingerprint density at radius 1 is 1.26 bits per heavy atom. The summed E-state index contributed by atoms with van der Waals surface area (Å²) in [6, 6.07) is 6.72. The van der Waals surface area contributed by atoms with E-state index in [-0.39, 0.29) is 12.5 Å². The average Bonchev–Trinajstić information content (AvgIpc) is 2.46. The van der Waals surface area contributed by atoms with E-state index < -0.39 is 0 Å². The van der Waals surface area contributed by atoms with Crippen LogP contribution in [0.5, 0.6) is 5.75 Å². The van der Waals surface area contributed by atoms with Crippen molar-refractivity contribution in [3.8, 4) is 5.75 Å². The first-order chi connectivity index (χ1) is 9.21. The highest BCUT2D eigenvalue weighted by Crippen LogP contribution is 2.11. The monoisotopic (exact) mass is 263 g/mol. The molecule has 1 aromatic rings. The molecule has 1 amide bonds. The van der Waals surface area contributed by atoms with Crippen molar-refractivity contribution in [1.82, 2.24) is 4.90 Å². The summed E-state index contributed by atoms with van der Waals surface area (Å²) in [5, 5.41) is 0. The van der Waals surface area contributed by atoms with Gasteiger partial charge in [-0.15, -0.1) is 0 Å². The number of benzene rings is 1. The lowest BCUT2D eigenvalue weighted by molar-refractivity contribution is -0.133. The van der Waals surface area contributed by atoms with Crippen LogP contribution in [0.4, 0.5) is 0 Å². The highest BCUT2D eigenvalue weighted by Gasteiger charge is 2.11. The van der Waals surface area contributed by atoms with E-state index in [9.17, 15) is 9.59 Å². The van der Waals surface area contributed by atoms with Crippen LogP contribution in [0.3, 0.4) is 0 Å². The first-order valence-corrected chi connectivity index (χ1v) is 6.67. The third kappa shape index (κ3) is 5.12. The molecular formula is C15H21NO3. The zero-order valence-corrected chi connectivity index (χ0v) is 11.6. The van der Waals surface area contributed by atoms with Gasteiger partial charge in [-0.3, -0.25) is 9.59 Å². The number of ether oxygens (including phenoxy) is 1. The SMILES string of the molecule is CCCCN(CC)C(=O)COc1ccc(C=O)cc1. The predicted octanol–water partition coefficient (Wildman–Crippen LogP) is 2.53. The maximum atomic E-state index is 11.9. The van der Waals surface area contributed by atoms with Gasteiger partial charge < -0.3 is 9.64 Å². The van der Waals surface area contributed by atoms with Gasteiger partial charge in [-0.2, -0.15) is 0 Å². The Balaban J connectivity index is 2.45. The van der Waals surface area contributed by atoms with Gasteiger partial charge in [0.05, 0.1) is 0 Å². The van der Waals surface area contributed by atoms with Crippen LogP contribution < -0.4 is 4.74 Å². The first-order valence-electron chi connectivity index (χ1n) is 6.67. The summed E-state index contributed by atoms with van der Waals surface area (Å²) in [5.74, 6) is 0.598. The molecule has 1 rings (SSSR count). The van der Waals surface area contributed by atoms with E-state index in [0.29, 0.717) is 17.9 Å². The molecule has 0 fully saturated rings. The van der Waals surface area contributed by atoms with E-state index in [1.165, 1.54) is 0 Å². The van der Waals surface area contributed by atoms with Crippen molar-refractivity contribution in [3.63, 3.8) is 0 Å². The normalized spacial score (nSPS) is 10.0. The van der Waals surface area contributed by atoms with Crippen molar-refractivity contribution in [2.75, 3.05) is 19.7 Å². The Kier molecular flexibility index (Phi) is 6.64. The number of carbonyl (C=O) groups is 2. The highest BCUT2D eigenvalue weighted by molar-refractivity contribution is 5.78. The zero-order valence-electron chi connectivity index (χ0n) is 11.6. The second-order valence-corrected chi connectivity index (χ2v) is 4.30. The summed E-state index contributed by atoms with van der Waals surface area (Å²) in [5.41, 5.74) is 0.594. The van der Waals surface area contributed by atoms with Gasteiger partial charge in [0.25, 0.3) is 5.91 Å². The van der Waals surface area contributed by atoms with Gasteiger partial charge in [-0.1, -0.05) is 13.3 Å². The molecule has 0 aliphatic carbocycles. The average molecular weight is 263 g/mol. The molecule has 104 valence electrons. The smallest absolute Gasteiger partial charge is 0.260 e. The first kappa shape index (κ1) is 15.2. The van der Waals surface area contributed by atoms with Crippen molar-refractivity contribution in [1.29, 1.82) is 0 Å². The second-order valence-electron chi connectivity index (χ2n) is 4.30. The molecule has 4 heteroatoms. The van der Waals surface area contributed by atoms with Gasteiger partial charge >= 0.3 is 0 Å². The van der Waals surface area contributed by atoms with E-state index in [4.69, 9.17) is 4.74 Å². The Bertz CT molecular complexity index is 400. The largest absolute Gasteiger partial charge is 0.484 e. The van der Waals surface area contributed by atoms with Gasteiger partial charge in [-0.05, 0) is 37.6 Å². The minimum Gasteiger partial charge on any atom is -0.484 e. The molecule has 0 aliphatic heterocycles. The number of likely N-dealkylation sites (N-methyl/N-ethyl adjacent to an activating group) is 1. The molecule has 0 spiro atoms. The predicted molar refractivity (Wildman–Crippen MR) is 74.5 cm³/mol. The molecule has 0 saturated carbocycles. The summed E-state index contributed by atoms with van der Waals surface area (Å²) in [6.07, 6.45) is 2.85. The van der Waals surface area contributed by atoms with Gasteiger partial charge in [0, 0.05) is 18.7 Å². The molecule has 0 aromatic heterocycles. The van der Waals surface area contributed by atoms with Crippen LogP contribution in [-0.2, 0) is 4.79 Å².